The number of amides is 1. The first kappa shape index (κ1) is 24.0. The van der Waals surface area contributed by atoms with Gasteiger partial charge in [-0.3, -0.25) is 19.2 Å². The molecule has 8 nitrogen and oxygen atoms in total. The molecule has 0 saturated heterocycles. The van der Waals surface area contributed by atoms with Crippen LogP contribution in [0.5, 0.6) is 5.88 Å². The maximum absolute atomic E-state index is 13.4. The highest BCUT2D eigenvalue weighted by molar-refractivity contribution is 9.10. The number of benzene rings is 1. The molecule has 3 fully saturated rings. The van der Waals surface area contributed by atoms with Crippen LogP contribution in [0.1, 0.15) is 56.1 Å². The highest BCUT2D eigenvalue weighted by Gasteiger charge is 2.68. The molecule has 3 aromatic rings. The molecule has 2 heterocycles. The normalized spacial score (nSPS) is 23.8. The second-order valence-corrected chi connectivity index (χ2v) is 11.2. The van der Waals surface area contributed by atoms with Crippen molar-refractivity contribution in [2.75, 3.05) is 4.90 Å². The molecule has 1 amide bonds. The molecule has 0 spiro atoms. The third kappa shape index (κ3) is 3.89. The Balaban J connectivity index is 1.43. The zero-order valence-corrected chi connectivity index (χ0v) is 22.5. The van der Waals surface area contributed by atoms with Crippen molar-refractivity contribution in [3.05, 3.63) is 39.9 Å². The number of nitrogens with zero attached hydrogens (tertiary/aromatic N) is 4. The average Bonchev–Trinajstić information content (AvgIpc) is 3.78. The van der Waals surface area contributed by atoms with Crippen LogP contribution in [0.25, 0.3) is 11.0 Å². The van der Waals surface area contributed by atoms with E-state index < -0.39 is 11.4 Å². The first-order valence-electron chi connectivity index (χ1n) is 12.5. The number of carboxylic acids is 1. The third-order valence-corrected chi connectivity index (χ3v) is 8.88. The highest BCUT2D eigenvalue weighted by Crippen LogP contribution is 2.64. The van der Waals surface area contributed by atoms with Gasteiger partial charge in [0.2, 0.25) is 0 Å². The molecule has 6 rings (SSSR count). The predicted molar refractivity (Wildman–Crippen MR) is 142 cm³/mol. The second-order valence-electron chi connectivity index (χ2n) is 10.4. The average molecular weight is 563 g/mol. The van der Waals surface area contributed by atoms with E-state index in [2.05, 4.69) is 38.9 Å². The predicted octanol–water partition coefficient (Wildman–Crippen LogP) is 5.24. The van der Waals surface area contributed by atoms with E-state index in [9.17, 15) is 14.7 Å². The molecule has 0 bridgehead atoms. The summed E-state index contributed by atoms with van der Waals surface area (Å²) < 4.78 is 9.00. The molecule has 37 heavy (non-hydrogen) atoms. The van der Waals surface area contributed by atoms with Crippen molar-refractivity contribution >= 4 is 50.3 Å². The van der Waals surface area contributed by atoms with Crippen LogP contribution in [0.4, 0.5) is 11.5 Å². The number of rotatable bonds is 6. The smallest absolute Gasteiger partial charge is 0.310 e. The van der Waals surface area contributed by atoms with Gasteiger partial charge >= 0.3 is 11.9 Å². The molecule has 1 N–H and O–H groups in total. The molecule has 2 aromatic heterocycles. The van der Waals surface area contributed by atoms with Crippen molar-refractivity contribution in [1.29, 1.82) is 0 Å². The quantitative estimate of drug-likeness (QED) is 0.413. The number of carbonyl (C=O) groups excluding carboxylic acids is 1. The molecule has 0 radical (unpaired) electrons. The number of aliphatic carboxylic acids is 1. The van der Waals surface area contributed by atoms with Crippen LogP contribution in [0.2, 0.25) is 0 Å². The molecular formula is C28H27BrN4O4. The molecule has 3 aliphatic carbocycles. The maximum Gasteiger partial charge on any atom is 0.310 e. The van der Waals surface area contributed by atoms with Crippen LogP contribution in [-0.2, 0) is 16.6 Å². The molecule has 3 atom stereocenters. The first-order chi connectivity index (χ1) is 17.7. The lowest BCUT2D eigenvalue weighted by Crippen LogP contribution is -2.26. The number of ether oxygens (including phenoxy) is 1. The molecular weight excluding hydrogens is 536 g/mol. The van der Waals surface area contributed by atoms with E-state index >= 15 is 0 Å². The van der Waals surface area contributed by atoms with E-state index in [1.165, 1.54) is 0 Å². The SMILES string of the molecule is CC#CC(=O)N(c1ccc2c(n1)c(O[C@H]1CC[C@]3(C(=O)O)C[C@H]13)nn2C)c1cc(C)c(Br)cc1C1CC1. The number of fused-ring (bicyclic) bond motifs is 2. The number of anilines is 2. The van der Waals surface area contributed by atoms with E-state index in [-0.39, 0.29) is 17.9 Å². The second kappa shape index (κ2) is 8.59. The van der Waals surface area contributed by atoms with E-state index in [1.807, 2.05) is 32.2 Å². The number of hydrogen-bond donors (Lipinski definition) is 1. The lowest BCUT2D eigenvalue weighted by Gasteiger charge is -2.24. The third-order valence-electron chi connectivity index (χ3n) is 8.03. The standard InChI is InChI=1S/C28H27BrN4O4/c1-4-5-24(34)33(21-12-15(2)19(29)13-17(21)16-6-7-16)23-9-8-20-25(30-23)26(31-32(20)3)37-22-10-11-28(27(35)36)14-18(22)28/h8-9,12-13,16,18,22H,6-7,10-11,14H2,1-3H3,(H,35,36)/t18-,22+,28+/m1/s1. The van der Waals surface area contributed by atoms with Crippen molar-refractivity contribution in [3.63, 3.8) is 0 Å². The Labute approximate surface area is 223 Å². The number of carboxylic acid groups (broad SMARTS) is 1. The summed E-state index contributed by atoms with van der Waals surface area (Å²) >= 11 is 3.65. The zero-order valence-electron chi connectivity index (χ0n) is 20.9. The first-order valence-corrected chi connectivity index (χ1v) is 13.3. The van der Waals surface area contributed by atoms with Gasteiger partial charge in [-0.25, -0.2) is 4.98 Å². The van der Waals surface area contributed by atoms with Gasteiger partial charge in [0.1, 0.15) is 11.9 Å². The lowest BCUT2D eigenvalue weighted by molar-refractivity contribution is -0.143. The summed E-state index contributed by atoms with van der Waals surface area (Å²) in [7, 11) is 1.82. The molecule has 3 saturated carbocycles. The van der Waals surface area contributed by atoms with Gasteiger partial charge in [-0.05, 0) is 93.2 Å². The van der Waals surface area contributed by atoms with Gasteiger partial charge in [0.25, 0.3) is 5.88 Å². The summed E-state index contributed by atoms with van der Waals surface area (Å²) in [6, 6.07) is 7.80. The van der Waals surface area contributed by atoms with Crippen molar-refractivity contribution in [2.45, 2.75) is 58.0 Å². The van der Waals surface area contributed by atoms with Crippen LogP contribution in [-0.4, -0.2) is 37.9 Å². The van der Waals surface area contributed by atoms with E-state index in [0.29, 0.717) is 42.4 Å². The number of carbonyl (C=O) groups is 2. The lowest BCUT2D eigenvalue weighted by atomic mass is 10.0. The minimum absolute atomic E-state index is 0.00464. The molecule has 190 valence electrons. The van der Waals surface area contributed by atoms with Crippen LogP contribution in [0, 0.1) is 30.1 Å². The van der Waals surface area contributed by atoms with Gasteiger partial charge in [-0.15, -0.1) is 5.10 Å². The van der Waals surface area contributed by atoms with Crippen LogP contribution < -0.4 is 9.64 Å². The number of aromatic nitrogens is 3. The topological polar surface area (TPSA) is 97.6 Å². The monoisotopic (exact) mass is 562 g/mol. The van der Waals surface area contributed by atoms with Gasteiger partial charge in [-0.2, -0.15) is 0 Å². The fraction of sp³-hybridized carbons (Fsp3) is 0.429. The van der Waals surface area contributed by atoms with E-state index in [0.717, 1.165) is 39.6 Å². The highest BCUT2D eigenvalue weighted by atomic mass is 79.9. The fourth-order valence-corrected chi connectivity index (χ4v) is 6.11. The van der Waals surface area contributed by atoms with Crippen LogP contribution in [0.15, 0.2) is 28.7 Å². The Morgan fingerprint density at radius 2 is 2.05 bits per heavy atom. The Morgan fingerprint density at radius 3 is 2.70 bits per heavy atom. The Kier molecular flexibility index (Phi) is 5.57. The Hall–Kier alpha value is -3.38. The Bertz CT molecular complexity index is 1530. The Morgan fingerprint density at radius 1 is 1.27 bits per heavy atom. The maximum atomic E-state index is 13.4. The summed E-state index contributed by atoms with van der Waals surface area (Å²) in [4.78, 5) is 31.6. The van der Waals surface area contributed by atoms with Crippen molar-refractivity contribution in [1.82, 2.24) is 14.8 Å². The minimum atomic E-state index is -0.739. The number of pyridine rings is 1. The van der Waals surface area contributed by atoms with Gasteiger partial charge in [0.15, 0.2) is 5.52 Å². The van der Waals surface area contributed by atoms with E-state index in [1.54, 1.807) is 16.5 Å². The zero-order chi connectivity index (χ0) is 26.1. The van der Waals surface area contributed by atoms with Crippen LogP contribution >= 0.6 is 15.9 Å². The van der Waals surface area contributed by atoms with Gasteiger partial charge in [0.05, 0.1) is 16.6 Å². The largest absolute Gasteiger partial charge is 0.481 e. The number of aryl methyl sites for hydroxylation is 2. The fourth-order valence-electron chi connectivity index (χ4n) is 5.74. The van der Waals surface area contributed by atoms with Crippen molar-refractivity contribution in [2.24, 2.45) is 18.4 Å². The molecule has 1 aromatic carbocycles. The molecule has 9 heteroatoms. The summed E-state index contributed by atoms with van der Waals surface area (Å²) in [5.41, 5.74) is 3.56. The molecule has 3 aliphatic rings. The summed E-state index contributed by atoms with van der Waals surface area (Å²) in [6.45, 7) is 3.64. The van der Waals surface area contributed by atoms with Gasteiger partial charge in [-0.1, -0.05) is 21.9 Å². The van der Waals surface area contributed by atoms with Gasteiger partial charge < -0.3 is 9.84 Å². The summed E-state index contributed by atoms with van der Waals surface area (Å²) in [5.74, 6) is 5.53. The van der Waals surface area contributed by atoms with Crippen molar-refractivity contribution in [3.8, 4) is 17.7 Å². The number of halogens is 1. The van der Waals surface area contributed by atoms with Crippen molar-refractivity contribution < 1.29 is 19.4 Å². The van der Waals surface area contributed by atoms with E-state index in [4.69, 9.17) is 9.72 Å². The number of hydrogen-bond acceptors (Lipinski definition) is 5. The molecule has 0 unspecified atom stereocenters. The minimum Gasteiger partial charge on any atom is -0.481 e. The summed E-state index contributed by atoms with van der Waals surface area (Å²) in [5, 5.41) is 14.2. The summed E-state index contributed by atoms with van der Waals surface area (Å²) in [6.07, 6.45) is 3.88. The van der Waals surface area contributed by atoms with Crippen LogP contribution in [0.3, 0.4) is 0 Å². The molecule has 0 aliphatic heterocycles. The van der Waals surface area contributed by atoms with Gasteiger partial charge in [0, 0.05) is 17.4 Å².